The van der Waals surface area contributed by atoms with Crippen molar-refractivity contribution in [1.82, 2.24) is 15.0 Å². The number of anilines is 1. The van der Waals surface area contributed by atoms with Gasteiger partial charge < -0.3 is 5.32 Å². The van der Waals surface area contributed by atoms with Crippen LogP contribution in [0.3, 0.4) is 0 Å². The van der Waals surface area contributed by atoms with E-state index in [1.807, 2.05) is 0 Å². The van der Waals surface area contributed by atoms with Crippen LogP contribution in [0.4, 0.5) is 19.1 Å². The van der Waals surface area contributed by atoms with E-state index in [-0.39, 0.29) is 12.0 Å². The normalized spacial score (nSPS) is 13.0. The first-order valence-corrected chi connectivity index (χ1v) is 5.71. The van der Waals surface area contributed by atoms with Crippen molar-refractivity contribution in [2.45, 2.75) is 19.1 Å². The van der Waals surface area contributed by atoms with Crippen LogP contribution in [0, 0.1) is 0 Å². The first-order valence-electron chi connectivity index (χ1n) is 5.71. The molecule has 0 bridgehead atoms. The number of H-pyrrole nitrogens is 1. The number of hydrogen-bond donors (Lipinski definition) is 2. The molecular weight excluding hydrogens is 273 g/mol. The third kappa shape index (κ3) is 3.34. The second-order valence-electron chi connectivity index (χ2n) is 4.13. The molecule has 8 heteroatoms. The second-order valence-corrected chi connectivity index (χ2v) is 4.13. The number of pyridine rings is 1. The third-order valence-electron chi connectivity index (χ3n) is 2.57. The van der Waals surface area contributed by atoms with Crippen molar-refractivity contribution in [3.05, 3.63) is 52.2 Å². The van der Waals surface area contributed by atoms with E-state index in [4.69, 9.17) is 0 Å². The van der Waals surface area contributed by atoms with Crippen molar-refractivity contribution in [3.63, 3.8) is 0 Å². The molecule has 2 aromatic rings. The van der Waals surface area contributed by atoms with E-state index in [0.29, 0.717) is 6.07 Å². The molecule has 20 heavy (non-hydrogen) atoms. The predicted octanol–water partition coefficient (Wildman–Crippen LogP) is 2.36. The maximum atomic E-state index is 12.6. The number of rotatable bonds is 3. The number of aromatic nitrogens is 3. The van der Waals surface area contributed by atoms with Crippen LogP contribution >= 0.6 is 0 Å². The zero-order valence-corrected chi connectivity index (χ0v) is 10.4. The molecular formula is C12H11F3N4O. The molecule has 0 amide bonds. The van der Waals surface area contributed by atoms with Crippen LogP contribution in [0.25, 0.3) is 0 Å². The van der Waals surface area contributed by atoms with Gasteiger partial charge in [-0.25, -0.2) is 4.98 Å². The van der Waals surface area contributed by atoms with Crippen LogP contribution in [-0.4, -0.2) is 15.0 Å². The molecule has 0 aliphatic heterocycles. The summed E-state index contributed by atoms with van der Waals surface area (Å²) < 4.78 is 37.7. The zero-order chi connectivity index (χ0) is 14.8. The summed E-state index contributed by atoms with van der Waals surface area (Å²) in [6.07, 6.45) is -1.51. The summed E-state index contributed by atoms with van der Waals surface area (Å²) in [4.78, 5) is 20.7. The van der Waals surface area contributed by atoms with Crippen molar-refractivity contribution >= 4 is 5.95 Å². The van der Waals surface area contributed by atoms with Crippen molar-refractivity contribution < 1.29 is 13.2 Å². The Kier molecular flexibility index (Phi) is 3.73. The van der Waals surface area contributed by atoms with Gasteiger partial charge in [0.1, 0.15) is 0 Å². The van der Waals surface area contributed by atoms with E-state index in [1.165, 1.54) is 0 Å². The molecule has 0 aromatic carbocycles. The standard InChI is InChI=1S/C12H11F3N4O/c1-7(8-3-2-4-16-6-8)17-11-18-9(12(13,14)15)5-10(20)19-11/h2-7H,1H3,(H2,17,18,19,20). The Bertz CT molecular complexity index is 639. The molecule has 2 aromatic heterocycles. The van der Waals surface area contributed by atoms with Crippen LogP contribution < -0.4 is 10.9 Å². The highest BCUT2D eigenvalue weighted by Gasteiger charge is 2.33. The molecule has 0 aliphatic rings. The highest BCUT2D eigenvalue weighted by molar-refractivity contribution is 5.31. The van der Waals surface area contributed by atoms with Gasteiger partial charge in [0.15, 0.2) is 5.69 Å². The minimum absolute atomic E-state index is 0.235. The number of nitrogens with one attached hydrogen (secondary N) is 2. The van der Waals surface area contributed by atoms with Crippen LogP contribution in [0.15, 0.2) is 35.4 Å². The Labute approximate surface area is 111 Å². The highest BCUT2D eigenvalue weighted by atomic mass is 19.4. The summed E-state index contributed by atoms with van der Waals surface area (Å²) in [5, 5.41) is 2.70. The fourth-order valence-corrected chi connectivity index (χ4v) is 1.59. The minimum Gasteiger partial charge on any atom is -0.349 e. The first kappa shape index (κ1) is 14.0. The Hall–Kier alpha value is -2.38. The highest BCUT2D eigenvalue weighted by Crippen LogP contribution is 2.27. The Balaban J connectivity index is 2.26. The molecule has 106 valence electrons. The van der Waals surface area contributed by atoms with Crippen LogP contribution in [0.5, 0.6) is 0 Å². The predicted molar refractivity (Wildman–Crippen MR) is 66.1 cm³/mol. The molecule has 2 N–H and O–H groups in total. The van der Waals surface area contributed by atoms with Crippen molar-refractivity contribution in [2.24, 2.45) is 0 Å². The van der Waals surface area contributed by atoms with Gasteiger partial charge in [-0.05, 0) is 18.6 Å². The molecule has 0 saturated carbocycles. The Morgan fingerprint density at radius 3 is 2.75 bits per heavy atom. The topological polar surface area (TPSA) is 70.7 Å². The Morgan fingerprint density at radius 2 is 2.15 bits per heavy atom. The minimum atomic E-state index is -4.66. The number of hydrogen-bond acceptors (Lipinski definition) is 4. The third-order valence-corrected chi connectivity index (χ3v) is 2.57. The molecule has 0 aliphatic carbocycles. The lowest BCUT2D eigenvalue weighted by atomic mass is 10.1. The number of nitrogens with zero attached hydrogens (tertiary/aromatic N) is 2. The summed E-state index contributed by atoms with van der Waals surface area (Å²) in [5.74, 6) is -0.235. The average molecular weight is 284 g/mol. The van der Waals surface area contributed by atoms with Gasteiger partial charge >= 0.3 is 6.18 Å². The molecule has 0 saturated heterocycles. The Morgan fingerprint density at radius 1 is 1.40 bits per heavy atom. The van der Waals surface area contributed by atoms with Gasteiger partial charge in [-0.3, -0.25) is 14.8 Å². The van der Waals surface area contributed by atoms with Gasteiger partial charge in [-0.1, -0.05) is 6.07 Å². The monoisotopic (exact) mass is 284 g/mol. The SMILES string of the molecule is CC(Nc1nc(C(F)(F)F)cc(=O)[nH]1)c1cccnc1. The molecule has 0 spiro atoms. The van der Waals surface area contributed by atoms with Crippen LogP contribution in [0.1, 0.15) is 24.2 Å². The van der Waals surface area contributed by atoms with Gasteiger partial charge in [-0.2, -0.15) is 13.2 Å². The van der Waals surface area contributed by atoms with Crippen LogP contribution in [-0.2, 0) is 6.18 Å². The lowest BCUT2D eigenvalue weighted by Crippen LogP contribution is -2.20. The largest absolute Gasteiger partial charge is 0.433 e. The summed E-state index contributed by atoms with van der Waals surface area (Å²) in [5.41, 5.74) is -1.34. The molecule has 5 nitrogen and oxygen atoms in total. The van der Waals surface area contributed by atoms with Gasteiger partial charge in [-0.15, -0.1) is 0 Å². The summed E-state index contributed by atoms with van der Waals surface area (Å²) in [7, 11) is 0. The molecule has 2 rings (SSSR count). The van der Waals surface area contributed by atoms with E-state index in [2.05, 4.69) is 20.3 Å². The fourth-order valence-electron chi connectivity index (χ4n) is 1.59. The van der Waals surface area contributed by atoms with E-state index >= 15 is 0 Å². The average Bonchev–Trinajstić information content (AvgIpc) is 2.38. The zero-order valence-electron chi connectivity index (χ0n) is 10.4. The first-order chi connectivity index (χ1) is 9.36. The maximum absolute atomic E-state index is 12.6. The van der Waals surface area contributed by atoms with Gasteiger partial charge in [0.25, 0.3) is 5.56 Å². The molecule has 1 atom stereocenters. The molecule has 0 radical (unpaired) electrons. The van der Waals surface area contributed by atoms with Crippen LogP contribution in [0.2, 0.25) is 0 Å². The number of halogens is 3. The van der Waals surface area contributed by atoms with Gasteiger partial charge in [0.2, 0.25) is 5.95 Å². The maximum Gasteiger partial charge on any atom is 0.433 e. The molecule has 2 heterocycles. The summed E-state index contributed by atoms with van der Waals surface area (Å²) in [6, 6.07) is 3.53. The van der Waals surface area contributed by atoms with Crippen molar-refractivity contribution in [1.29, 1.82) is 0 Å². The summed E-state index contributed by atoms with van der Waals surface area (Å²) in [6.45, 7) is 1.72. The lowest BCUT2D eigenvalue weighted by Gasteiger charge is -2.15. The van der Waals surface area contributed by atoms with Crippen molar-refractivity contribution in [2.75, 3.05) is 5.32 Å². The number of alkyl halides is 3. The van der Waals surface area contributed by atoms with E-state index in [9.17, 15) is 18.0 Å². The molecule has 1 unspecified atom stereocenters. The van der Waals surface area contributed by atoms with Gasteiger partial charge in [0, 0.05) is 18.5 Å². The lowest BCUT2D eigenvalue weighted by molar-refractivity contribution is -0.141. The van der Waals surface area contributed by atoms with E-state index in [0.717, 1.165) is 5.56 Å². The second kappa shape index (κ2) is 5.32. The van der Waals surface area contributed by atoms with E-state index < -0.39 is 17.4 Å². The smallest absolute Gasteiger partial charge is 0.349 e. The summed E-state index contributed by atoms with van der Waals surface area (Å²) >= 11 is 0. The molecule has 0 fully saturated rings. The number of aromatic amines is 1. The van der Waals surface area contributed by atoms with E-state index in [1.54, 1.807) is 31.5 Å². The van der Waals surface area contributed by atoms with Gasteiger partial charge in [0.05, 0.1) is 6.04 Å². The quantitative estimate of drug-likeness (QED) is 0.907. The van der Waals surface area contributed by atoms with Crippen molar-refractivity contribution in [3.8, 4) is 0 Å². The fraction of sp³-hybridized carbons (Fsp3) is 0.250.